The molecule has 0 aliphatic carbocycles. The Morgan fingerprint density at radius 3 is 1.96 bits per heavy atom. The largest absolute Gasteiger partial charge is 0.491 e. The minimum absolute atomic E-state index is 0.0641. The highest BCUT2D eigenvalue weighted by Crippen LogP contribution is 2.34. The Balaban J connectivity index is 1.36. The molecule has 13 heteroatoms. The molecule has 0 N–H and O–H groups in total. The number of rotatable bonds is 26. The first kappa shape index (κ1) is 47.0. The topological polar surface area (TPSA) is 106 Å². The zero-order chi connectivity index (χ0) is 41.4. The van der Waals surface area contributed by atoms with E-state index in [0.717, 1.165) is 51.0 Å². The van der Waals surface area contributed by atoms with Crippen LogP contribution in [-0.4, -0.2) is 48.8 Å². The highest BCUT2D eigenvalue weighted by atomic mass is 28.5. The molecule has 0 saturated heterocycles. The van der Waals surface area contributed by atoms with Gasteiger partial charge in [0.2, 0.25) is 0 Å². The zero-order valence-electron chi connectivity index (χ0n) is 35.3. The van der Waals surface area contributed by atoms with E-state index in [0.29, 0.717) is 17.7 Å². The Hall–Kier alpha value is -3.37. The molecular weight excluding hydrogens is 762 g/mol. The van der Waals surface area contributed by atoms with Gasteiger partial charge in [-0.1, -0.05) is 82.9 Å². The molecule has 0 aromatic heterocycles. The van der Waals surface area contributed by atoms with Gasteiger partial charge in [-0.3, -0.25) is 10.1 Å². The molecule has 0 aliphatic heterocycles. The Morgan fingerprint density at radius 2 is 1.36 bits per heavy atom. The lowest BCUT2D eigenvalue weighted by Gasteiger charge is -2.37. The van der Waals surface area contributed by atoms with Crippen molar-refractivity contribution >= 4 is 36.9 Å². The third-order valence-electron chi connectivity index (χ3n) is 9.27. The van der Waals surface area contributed by atoms with Crippen LogP contribution in [0, 0.1) is 15.9 Å². The first-order chi connectivity index (χ1) is 26.4. The number of benzene rings is 3. The molecule has 0 heterocycles. The third kappa shape index (κ3) is 17.4. The van der Waals surface area contributed by atoms with Crippen LogP contribution in [-0.2, 0) is 8.23 Å². The first-order valence-electron chi connectivity index (χ1n) is 20.5. The van der Waals surface area contributed by atoms with Crippen molar-refractivity contribution in [3.8, 4) is 28.4 Å². The van der Waals surface area contributed by atoms with Gasteiger partial charge in [0.05, 0.1) is 23.2 Å². The van der Waals surface area contributed by atoms with E-state index in [-0.39, 0.29) is 34.6 Å². The van der Waals surface area contributed by atoms with Crippen LogP contribution in [0.15, 0.2) is 60.7 Å². The quantitative estimate of drug-likeness (QED) is 0.0197. The molecule has 3 aromatic carbocycles. The Bertz CT molecular complexity index is 1680. The molecule has 0 unspecified atom stereocenters. The number of carbonyl (C=O) groups excluding carboxylic acids is 1. The number of halogens is 1. The van der Waals surface area contributed by atoms with Crippen molar-refractivity contribution in [1.82, 2.24) is 0 Å². The van der Waals surface area contributed by atoms with Crippen molar-refractivity contribution in [3.63, 3.8) is 0 Å². The molecule has 0 bridgehead atoms. The monoisotopic (exact) mass is 827 g/mol. The van der Waals surface area contributed by atoms with Gasteiger partial charge in [-0.05, 0) is 126 Å². The minimum atomic E-state index is -2.08. The van der Waals surface area contributed by atoms with Gasteiger partial charge in [0, 0.05) is 6.07 Å². The molecule has 0 radical (unpaired) electrons. The molecule has 0 aliphatic rings. The molecule has 0 spiro atoms. The molecule has 0 saturated carbocycles. The number of carbonyl (C=O) groups is 1. The summed E-state index contributed by atoms with van der Waals surface area (Å²) in [5.74, 6) is -0.715. The van der Waals surface area contributed by atoms with Crippen LogP contribution < -0.4 is 14.2 Å². The van der Waals surface area contributed by atoms with Crippen LogP contribution in [0.3, 0.4) is 0 Å². The van der Waals surface area contributed by atoms with Gasteiger partial charge in [0.25, 0.3) is 0 Å². The second-order valence-corrected chi connectivity index (χ2v) is 29.5. The average Bonchev–Trinajstić information content (AvgIpc) is 3.10. The SMILES string of the molecule is CCCCC[C@@H](C)Oc1ccc(-c2ccc(OC(=O)c3ccc(OCCCCCCCCCC[Si](C)(C)O[Si](C)(C)O[Si](C)(C)C)c(F)c3)cc2)cc1[N+](=O)[O-]. The van der Waals surface area contributed by atoms with Crippen molar-refractivity contribution in [2.75, 3.05) is 6.61 Å². The van der Waals surface area contributed by atoms with E-state index in [9.17, 15) is 19.3 Å². The number of nitro benzene ring substituents is 1. The molecule has 9 nitrogen and oxygen atoms in total. The number of ether oxygens (including phenoxy) is 3. The van der Waals surface area contributed by atoms with Gasteiger partial charge in [-0.2, -0.15) is 0 Å². The number of esters is 1. The summed E-state index contributed by atoms with van der Waals surface area (Å²) in [5.41, 5.74) is 1.29. The first-order valence-corrected chi connectivity index (χ1v) is 29.8. The Morgan fingerprint density at radius 1 is 0.750 bits per heavy atom. The Labute approximate surface area is 338 Å². The molecule has 0 amide bonds. The van der Waals surface area contributed by atoms with E-state index >= 15 is 0 Å². The van der Waals surface area contributed by atoms with E-state index in [1.54, 1.807) is 36.4 Å². The summed E-state index contributed by atoms with van der Waals surface area (Å²) in [6.07, 6.45) is 12.9. The van der Waals surface area contributed by atoms with E-state index in [1.165, 1.54) is 56.3 Å². The maximum atomic E-state index is 14.8. The van der Waals surface area contributed by atoms with Crippen molar-refractivity contribution in [2.45, 2.75) is 149 Å². The minimum Gasteiger partial charge on any atom is -0.491 e. The normalized spacial score (nSPS) is 12.7. The number of nitro groups is 1. The Kier molecular flexibility index (Phi) is 18.9. The number of hydrogen-bond donors (Lipinski definition) is 0. The van der Waals surface area contributed by atoms with Crippen molar-refractivity contribution < 1.29 is 36.5 Å². The lowest BCUT2D eigenvalue weighted by atomic mass is 10.0. The second kappa shape index (κ2) is 22.5. The van der Waals surface area contributed by atoms with Crippen molar-refractivity contribution in [2.24, 2.45) is 0 Å². The highest BCUT2D eigenvalue weighted by molar-refractivity contribution is 6.87. The van der Waals surface area contributed by atoms with Crippen molar-refractivity contribution in [3.05, 3.63) is 82.2 Å². The second-order valence-electron chi connectivity index (χ2n) is 16.8. The number of hydrogen-bond acceptors (Lipinski definition) is 8. The van der Waals surface area contributed by atoms with Gasteiger partial charge in [-0.25, -0.2) is 9.18 Å². The van der Waals surface area contributed by atoms with Crippen LogP contribution in [0.2, 0.25) is 51.9 Å². The van der Waals surface area contributed by atoms with Crippen LogP contribution in [0.4, 0.5) is 10.1 Å². The standard InChI is InChI=1S/C43H66FNO8Si3/c1-10-11-18-21-34(2)50-42-29-24-36(33-40(42)45(47)48)35-22-26-38(27-23-35)51-43(46)37-25-28-41(39(44)32-37)49-30-19-16-14-12-13-15-17-20-31-55(6,7)53-56(8,9)52-54(3,4)5/h22-29,32-34H,10-21,30-31H2,1-9H3/t34-/m1/s1. The number of nitrogens with zero attached hydrogens (tertiary/aromatic N) is 1. The lowest BCUT2D eigenvalue weighted by molar-refractivity contribution is -0.386. The van der Waals surface area contributed by atoms with Crippen LogP contribution in [0.5, 0.6) is 17.2 Å². The smallest absolute Gasteiger partial charge is 0.343 e. The predicted octanol–water partition coefficient (Wildman–Crippen LogP) is 13.2. The average molecular weight is 828 g/mol. The van der Waals surface area contributed by atoms with Gasteiger partial charge in [0.15, 0.2) is 34.0 Å². The molecule has 1 atom stereocenters. The fourth-order valence-corrected chi connectivity index (χ4v) is 20.2. The van der Waals surface area contributed by atoms with E-state index < -0.39 is 41.9 Å². The van der Waals surface area contributed by atoms with Crippen LogP contribution >= 0.6 is 0 Å². The third-order valence-corrected chi connectivity index (χ3v) is 19.4. The van der Waals surface area contributed by atoms with E-state index in [2.05, 4.69) is 52.8 Å². The van der Waals surface area contributed by atoms with Crippen LogP contribution in [0.1, 0.15) is 101 Å². The lowest BCUT2D eigenvalue weighted by Crippen LogP contribution is -2.51. The molecule has 310 valence electrons. The summed E-state index contributed by atoms with van der Waals surface area (Å²) in [5, 5.41) is 11.8. The van der Waals surface area contributed by atoms with Gasteiger partial charge < -0.3 is 22.4 Å². The summed E-state index contributed by atoms with van der Waals surface area (Å²) >= 11 is 0. The molecule has 0 fully saturated rings. The van der Waals surface area contributed by atoms with E-state index in [4.69, 9.17) is 22.4 Å². The summed E-state index contributed by atoms with van der Waals surface area (Å²) in [6, 6.07) is 16.7. The molecule has 56 heavy (non-hydrogen) atoms. The van der Waals surface area contributed by atoms with Gasteiger partial charge in [-0.15, -0.1) is 0 Å². The summed E-state index contributed by atoms with van der Waals surface area (Å²) in [7, 11) is -5.42. The maximum Gasteiger partial charge on any atom is 0.343 e. The molecular formula is C43H66FNO8Si3. The highest BCUT2D eigenvalue weighted by Gasteiger charge is 2.37. The van der Waals surface area contributed by atoms with Crippen molar-refractivity contribution in [1.29, 1.82) is 0 Å². The zero-order valence-corrected chi connectivity index (χ0v) is 38.3. The molecule has 3 aromatic rings. The summed E-state index contributed by atoms with van der Waals surface area (Å²) in [6.45, 7) is 20.2. The predicted molar refractivity (Wildman–Crippen MR) is 232 cm³/mol. The fraction of sp³-hybridized carbons (Fsp3) is 0.558. The van der Waals surface area contributed by atoms with Crippen LogP contribution in [0.25, 0.3) is 11.1 Å². The van der Waals surface area contributed by atoms with Gasteiger partial charge in [0.1, 0.15) is 5.75 Å². The number of unbranched alkanes of at least 4 members (excludes halogenated alkanes) is 9. The molecule has 3 rings (SSSR count). The summed E-state index contributed by atoms with van der Waals surface area (Å²) < 4.78 is 44.9. The fourth-order valence-electron chi connectivity index (χ4n) is 6.89. The van der Waals surface area contributed by atoms with Gasteiger partial charge >= 0.3 is 20.2 Å². The maximum absolute atomic E-state index is 14.8. The van der Waals surface area contributed by atoms with E-state index in [1.807, 2.05) is 6.92 Å². The summed E-state index contributed by atoms with van der Waals surface area (Å²) in [4.78, 5) is 24.2.